The van der Waals surface area contributed by atoms with Gasteiger partial charge in [-0.1, -0.05) is 0 Å². The number of ether oxygens (including phenoxy) is 1. The molecular weight excluding hydrogens is 124 g/mol. The maximum atomic E-state index is 10.5. The average molecular weight is 130 g/mol. The molecule has 50 valence electrons. The molecule has 0 aromatic carbocycles. The van der Waals surface area contributed by atoms with Crippen molar-refractivity contribution in [1.29, 1.82) is 0 Å². The molecule has 1 rings (SSSR count). The number of nitrogens with two attached hydrogens (primary N) is 1. The molecule has 0 unspecified atom stereocenters. The minimum absolute atomic E-state index is 0.0950. The maximum absolute atomic E-state index is 10.5. The van der Waals surface area contributed by atoms with Gasteiger partial charge in [0.25, 0.3) is 11.8 Å². The molecule has 0 aromatic rings. The fourth-order valence-corrected chi connectivity index (χ4v) is 0.504. The van der Waals surface area contributed by atoms with E-state index < -0.39 is 11.8 Å². The molecule has 9 heavy (non-hydrogen) atoms. The van der Waals surface area contributed by atoms with Crippen LogP contribution in [0.5, 0.6) is 0 Å². The molecule has 0 aromatic heterocycles. The Bertz CT molecular complexity index is 140. The van der Waals surface area contributed by atoms with Crippen LogP contribution in [-0.2, 0) is 14.3 Å². The Hall–Kier alpha value is -0.940. The number of hydrogen-bond acceptors (Lipinski definition) is 4. The van der Waals surface area contributed by atoms with E-state index in [1.807, 2.05) is 0 Å². The minimum Gasteiger partial charge on any atom is -0.362 e. The van der Waals surface area contributed by atoms with Crippen LogP contribution in [0.2, 0.25) is 0 Å². The van der Waals surface area contributed by atoms with Crippen LogP contribution >= 0.6 is 0 Å². The molecule has 1 aliphatic heterocycles. The lowest BCUT2D eigenvalue weighted by Gasteiger charge is -2.18. The van der Waals surface area contributed by atoms with Gasteiger partial charge in [0, 0.05) is 0 Å². The Balaban J connectivity index is 2.62. The summed E-state index contributed by atoms with van der Waals surface area (Å²) >= 11 is 0. The lowest BCUT2D eigenvalue weighted by molar-refractivity contribution is -0.158. The topological polar surface area (TPSA) is 72.6 Å². The van der Waals surface area contributed by atoms with Gasteiger partial charge in [0.15, 0.2) is 0 Å². The SMILES string of the molecule is NN1C(=O)COCC1=O. The number of carbonyl (C=O) groups is 2. The van der Waals surface area contributed by atoms with E-state index in [-0.39, 0.29) is 13.2 Å². The van der Waals surface area contributed by atoms with Crippen molar-refractivity contribution >= 4 is 11.8 Å². The van der Waals surface area contributed by atoms with E-state index in [0.29, 0.717) is 5.01 Å². The molecule has 2 N–H and O–H groups in total. The third-order valence-electron chi connectivity index (χ3n) is 0.988. The number of hydrazine groups is 1. The highest BCUT2D eigenvalue weighted by Crippen LogP contribution is 1.92. The summed E-state index contributed by atoms with van der Waals surface area (Å²) in [5.74, 6) is 3.99. The van der Waals surface area contributed by atoms with E-state index in [2.05, 4.69) is 4.74 Å². The Morgan fingerprint density at radius 2 is 1.78 bits per heavy atom. The van der Waals surface area contributed by atoms with E-state index in [4.69, 9.17) is 5.84 Å². The number of imide groups is 1. The zero-order valence-corrected chi connectivity index (χ0v) is 4.66. The molecule has 1 fully saturated rings. The number of hydrogen-bond donors (Lipinski definition) is 1. The summed E-state index contributed by atoms with van der Waals surface area (Å²) in [4.78, 5) is 20.9. The summed E-state index contributed by atoms with van der Waals surface area (Å²) in [6.45, 7) is -0.190. The van der Waals surface area contributed by atoms with Gasteiger partial charge in [-0.3, -0.25) is 9.59 Å². The molecule has 2 amide bonds. The van der Waals surface area contributed by atoms with Crippen LogP contribution in [0.1, 0.15) is 0 Å². The minimum atomic E-state index is -0.494. The van der Waals surface area contributed by atoms with E-state index in [1.165, 1.54) is 0 Å². The summed E-state index contributed by atoms with van der Waals surface area (Å²) in [5, 5.41) is 0.573. The first-order valence-electron chi connectivity index (χ1n) is 2.40. The van der Waals surface area contributed by atoms with Crippen molar-refractivity contribution in [3.05, 3.63) is 0 Å². The number of nitrogens with zero attached hydrogens (tertiary/aromatic N) is 1. The molecule has 5 nitrogen and oxygen atoms in total. The Morgan fingerprint density at radius 3 is 2.11 bits per heavy atom. The number of morpholine rings is 1. The number of rotatable bonds is 0. The molecule has 1 aliphatic rings. The van der Waals surface area contributed by atoms with Crippen LogP contribution in [0, 0.1) is 0 Å². The Kier molecular flexibility index (Phi) is 1.46. The molecule has 0 saturated carbocycles. The van der Waals surface area contributed by atoms with E-state index in [0.717, 1.165) is 0 Å². The van der Waals surface area contributed by atoms with Gasteiger partial charge in [-0.25, -0.2) is 10.9 Å². The van der Waals surface area contributed by atoms with Gasteiger partial charge in [-0.05, 0) is 0 Å². The molecule has 0 bridgehead atoms. The van der Waals surface area contributed by atoms with Crippen LogP contribution in [0.3, 0.4) is 0 Å². The van der Waals surface area contributed by atoms with Crippen molar-refractivity contribution < 1.29 is 14.3 Å². The fraction of sp³-hybridized carbons (Fsp3) is 0.500. The predicted octanol–water partition coefficient (Wildman–Crippen LogP) is -1.75. The lowest BCUT2D eigenvalue weighted by Crippen LogP contribution is -2.50. The second kappa shape index (κ2) is 2.12. The second-order valence-corrected chi connectivity index (χ2v) is 1.65. The first kappa shape index (κ1) is 6.18. The normalized spacial score (nSPS) is 20.8. The molecular formula is C4H6N2O3. The first-order chi connectivity index (χ1) is 4.22. The summed E-state index contributed by atoms with van der Waals surface area (Å²) in [6, 6.07) is 0. The van der Waals surface area contributed by atoms with Gasteiger partial charge in [-0.15, -0.1) is 0 Å². The van der Waals surface area contributed by atoms with E-state index in [1.54, 1.807) is 0 Å². The smallest absolute Gasteiger partial charge is 0.269 e. The second-order valence-electron chi connectivity index (χ2n) is 1.65. The van der Waals surface area contributed by atoms with Crippen LogP contribution in [0.15, 0.2) is 0 Å². The highest BCUT2D eigenvalue weighted by atomic mass is 16.5. The first-order valence-corrected chi connectivity index (χ1v) is 2.40. The van der Waals surface area contributed by atoms with Gasteiger partial charge < -0.3 is 4.74 Å². The summed E-state index contributed by atoms with van der Waals surface area (Å²) in [6.07, 6.45) is 0. The van der Waals surface area contributed by atoms with Crippen LogP contribution < -0.4 is 5.84 Å². The van der Waals surface area contributed by atoms with Crippen LogP contribution in [0.25, 0.3) is 0 Å². The third kappa shape index (κ3) is 1.06. The van der Waals surface area contributed by atoms with E-state index >= 15 is 0 Å². The zero-order chi connectivity index (χ0) is 6.85. The zero-order valence-electron chi connectivity index (χ0n) is 4.66. The molecule has 0 aliphatic carbocycles. The standard InChI is InChI=1S/C4H6N2O3/c5-6-3(7)1-9-2-4(6)8/h1-2,5H2. The molecule has 0 radical (unpaired) electrons. The van der Waals surface area contributed by atoms with Gasteiger partial charge in [-0.2, -0.15) is 0 Å². The van der Waals surface area contributed by atoms with Gasteiger partial charge >= 0.3 is 0 Å². The van der Waals surface area contributed by atoms with Crippen molar-refractivity contribution in [3.63, 3.8) is 0 Å². The van der Waals surface area contributed by atoms with E-state index in [9.17, 15) is 9.59 Å². The lowest BCUT2D eigenvalue weighted by atomic mass is 10.5. The summed E-state index contributed by atoms with van der Waals surface area (Å²) in [7, 11) is 0. The van der Waals surface area contributed by atoms with Crippen molar-refractivity contribution in [2.45, 2.75) is 0 Å². The molecule has 0 atom stereocenters. The Labute approximate surface area is 51.3 Å². The van der Waals surface area contributed by atoms with Crippen LogP contribution in [-0.4, -0.2) is 30.0 Å². The maximum Gasteiger partial charge on any atom is 0.269 e. The molecule has 1 heterocycles. The summed E-state index contributed by atoms with van der Waals surface area (Å²) < 4.78 is 4.54. The highest BCUT2D eigenvalue weighted by Gasteiger charge is 2.22. The van der Waals surface area contributed by atoms with Crippen molar-refractivity contribution in [2.75, 3.05) is 13.2 Å². The predicted molar refractivity (Wildman–Crippen MR) is 26.9 cm³/mol. The highest BCUT2D eigenvalue weighted by molar-refractivity contribution is 5.97. The van der Waals surface area contributed by atoms with Crippen molar-refractivity contribution in [3.8, 4) is 0 Å². The quantitative estimate of drug-likeness (QED) is 0.239. The fourth-order valence-electron chi connectivity index (χ4n) is 0.504. The molecule has 5 heteroatoms. The molecule has 1 saturated heterocycles. The van der Waals surface area contributed by atoms with Crippen molar-refractivity contribution in [2.24, 2.45) is 5.84 Å². The van der Waals surface area contributed by atoms with Gasteiger partial charge in [0.1, 0.15) is 13.2 Å². The molecule has 0 spiro atoms. The summed E-state index contributed by atoms with van der Waals surface area (Å²) in [5.41, 5.74) is 0. The third-order valence-corrected chi connectivity index (χ3v) is 0.988. The monoisotopic (exact) mass is 130 g/mol. The Morgan fingerprint density at radius 1 is 1.33 bits per heavy atom. The number of carbonyl (C=O) groups excluding carboxylic acids is 2. The van der Waals surface area contributed by atoms with Gasteiger partial charge in [0.05, 0.1) is 0 Å². The van der Waals surface area contributed by atoms with Gasteiger partial charge in [0.2, 0.25) is 0 Å². The number of amides is 2. The average Bonchev–Trinajstić information content (AvgIpc) is 1.83. The van der Waals surface area contributed by atoms with Crippen LogP contribution in [0.4, 0.5) is 0 Å². The van der Waals surface area contributed by atoms with Crippen molar-refractivity contribution in [1.82, 2.24) is 5.01 Å². The largest absolute Gasteiger partial charge is 0.362 e.